The number of anilines is 4. The quantitative estimate of drug-likeness (QED) is 0.0859. The first-order valence-corrected chi connectivity index (χ1v) is 17.6. The van der Waals surface area contributed by atoms with Crippen molar-refractivity contribution in [3.8, 4) is 22.3 Å². The maximum Gasteiger partial charge on any atom is 2.00 e. The van der Waals surface area contributed by atoms with Gasteiger partial charge in [-0.3, -0.25) is 20.2 Å². The molecule has 0 fully saturated rings. The minimum atomic E-state index is -0.431. The van der Waals surface area contributed by atoms with Crippen molar-refractivity contribution >= 4 is 80.5 Å². The first-order chi connectivity index (χ1) is 27.4. The average Bonchev–Trinajstić information content (AvgIpc) is 4.07. The molecule has 57 heavy (non-hydrogen) atoms. The van der Waals surface area contributed by atoms with Crippen LogP contribution in [0.3, 0.4) is 0 Å². The molecule has 0 spiro atoms. The van der Waals surface area contributed by atoms with Gasteiger partial charge >= 0.3 is 19.5 Å². The molecule has 270 valence electrons. The van der Waals surface area contributed by atoms with Gasteiger partial charge in [-0.25, -0.2) is 9.97 Å². The van der Waals surface area contributed by atoms with Crippen molar-refractivity contribution in [3.05, 3.63) is 176 Å². The summed E-state index contributed by atoms with van der Waals surface area (Å²) in [6.45, 7) is 0. The van der Waals surface area contributed by atoms with E-state index in [-0.39, 0.29) is 30.9 Å². The van der Waals surface area contributed by atoms with Crippen LogP contribution < -0.4 is 20.6 Å². The summed E-state index contributed by atoms with van der Waals surface area (Å²) in [5.74, 6) is 0. The summed E-state index contributed by atoms with van der Waals surface area (Å²) in [5.41, 5.74) is 11.0. The summed E-state index contributed by atoms with van der Waals surface area (Å²) in [7, 11) is 0. The maximum atomic E-state index is 11.4. The van der Waals surface area contributed by atoms with Crippen LogP contribution >= 0.6 is 0 Å². The van der Waals surface area contributed by atoms with Crippen LogP contribution in [-0.4, -0.2) is 19.8 Å². The third kappa shape index (κ3) is 7.22. The van der Waals surface area contributed by atoms with Gasteiger partial charge in [0.05, 0.1) is 32.6 Å². The third-order valence-electron chi connectivity index (χ3n) is 9.43. The van der Waals surface area contributed by atoms with Gasteiger partial charge in [0, 0.05) is 47.0 Å². The van der Waals surface area contributed by atoms with Crippen LogP contribution in [0.4, 0.5) is 34.1 Å². The molecule has 0 unspecified atom stereocenters. The van der Waals surface area contributed by atoms with Gasteiger partial charge in [0.15, 0.2) is 0 Å². The topological polar surface area (TPSA) is 164 Å². The molecule has 2 aliphatic heterocycles. The van der Waals surface area contributed by atoms with E-state index in [1.165, 1.54) is 24.3 Å². The van der Waals surface area contributed by atoms with Crippen LogP contribution in [0, 0.1) is 20.2 Å². The number of nitro benzene ring substituents is 2. The molecule has 5 heterocycles. The molecule has 0 atom stereocenters. The summed E-state index contributed by atoms with van der Waals surface area (Å²) in [4.78, 5) is 42.6. The number of nitro groups is 2. The van der Waals surface area contributed by atoms with E-state index in [0.29, 0.717) is 67.6 Å². The number of nitrogens with one attached hydrogen (secondary N) is 2. The van der Waals surface area contributed by atoms with Crippen molar-refractivity contribution in [3.63, 3.8) is 0 Å². The van der Waals surface area contributed by atoms with Gasteiger partial charge in [-0.05, 0) is 70.8 Å². The van der Waals surface area contributed by atoms with Gasteiger partial charge in [-0.1, -0.05) is 84.9 Å². The Bertz CT molecular complexity index is 2710. The van der Waals surface area contributed by atoms with Gasteiger partial charge in [0.25, 0.3) is 11.4 Å². The molecule has 12 nitrogen and oxygen atoms in total. The summed E-state index contributed by atoms with van der Waals surface area (Å²) in [6, 6.07) is 39.9. The van der Waals surface area contributed by atoms with Crippen LogP contribution in [0.25, 0.3) is 68.6 Å². The Morgan fingerprint density at radius 3 is 1.16 bits per heavy atom. The minimum absolute atomic E-state index is 0. The van der Waals surface area contributed by atoms with Crippen molar-refractivity contribution in [1.82, 2.24) is 19.9 Å². The SMILES string of the molecule is O=[N+]([O-])c1ccc(Nc2c3nc(c(-c4ccccc4)c4ccc([n-]4)c(Nc4ccc([N+](=O)[O-])cc4)c4nc(c(-c5ccccc5)c5ccc2[n-]5)C=C4)C=C3)cc1.[Zn+2]. The largest absolute Gasteiger partial charge is 2.00 e. The molecule has 0 saturated carbocycles. The third-order valence-corrected chi connectivity index (χ3v) is 9.43. The molecule has 7 aromatic rings. The number of hydrogen-bond acceptors (Lipinski definition) is 8. The Kier molecular flexibility index (Phi) is 9.81. The van der Waals surface area contributed by atoms with E-state index in [2.05, 4.69) is 10.6 Å². The fraction of sp³-hybridized carbons (Fsp3) is 0. The van der Waals surface area contributed by atoms with E-state index in [1.54, 1.807) is 24.3 Å². The van der Waals surface area contributed by atoms with Gasteiger partial charge < -0.3 is 20.6 Å². The van der Waals surface area contributed by atoms with E-state index in [9.17, 15) is 20.2 Å². The van der Waals surface area contributed by atoms with E-state index in [1.807, 2.05) is 109 Å². The van der Waals surface area contributed by atoms with Crippen LogP contribution in [0.2, 0.25) is 0 Å². The zero-order valence-corrected chi connectivity index (χ0v) is 33.0. The van der Waals surface area contributed by atoms with Gasteiger partial charge in [-0.2, -0.15) is 0 Å². The minimum Gasteiger partial charge on any atom is -0.656 e. The molecular weight excluding hydrogens is 770 g/mol. The summed E-state index contributed by atoms with van der Waals surface area (Å²) < 4.78 is 0. The smallest absolute Gasteiger partial charge is 0.656 e. The number of hydrogen-bond donors (Lipinski definition) is 2. The first-order valence-electron chi connectivity index (χ1n) is 17.6. The standard InChI is InChI=1S/C44H28N8O4.Zn/c53-51(54)31-15-11-29(12-16-31)45-43-37-23-19-33(47-37)41(27-7-3-1-4-8-27)34-20-24-38(48-34)44(46-30-13-17-32(18-14-30)52(55)56)40-26-22-36(50-40)42(28-9-5-2-6-10-28)35-21-25-39(43)49-35;/h1-26,45-46H;/q-2;+2. The molecule has 8 bridgehead atoms. The van der Waals surface area contributed by atoms with Crippen molar-refractivity contribution in [2.75, 3.05) is 10.6 Å². The van der Waals surface area contributed by atoms with Gasteiger partial charge in [-0.15, -0.1) is 22.1 Å². The number of benzene rings is 4. The molecule has 0 saturated heterocycles. The number of aromatic nitrogens is 4. The fourth-order valence-electron chi connectivity index (χ4n) is 6.77. The van der Waals surface area contributed by atoms with Crippen molar-refractivity contribution in [2.45, 2.75) is 0 Å². The molecule has 13 heteroatoms. The molecule has 0 amide bonds. The Morgan fingerprint density at radius 2 is 0.789 bits per heavy atom. The first kappa shape index (κ1) is 36.5. The zero-order valence-electron chi connectivity index (χ0n) is 30.0. The Hall–Kier alpha value is -7.50. The Labute approximate surface area is 337 Å². The van der Waals surface area contributed by atoms with Crippen molar-refractivity contribution in [2.24, 2.45) is 0 Å². The molecule has 3 aromatic heterocycles. The van der Waals surface area contributed by atoms with E-state index in [0.717, 1.165) is 22.3 Å². The number of fused-ring (bicyclic) bond motifs is 8. The van der Waals surface area contributed by atoms with Gasteiger partial charge in [0.1, 0.15) is 0 Å². The second-order valence-corrected chi connectivity index (χ2v) is 13.0. The molecule has 2 aliphatic rings. The van der Waals surface area contributed by atoms with Gasteiger partial charge in [0.2, 0.25) is 0 Å². The average molecular weight is 798 g/mol. The monoisotopic (exact) mass is 796 g/mol. The second-order valence-electron chi connectivity index (χ2n) is 13.0. The van der Waals surface area contributed by atoms with Crippen molar-refractivity contribution < 1.29 is 29.3 Å². The van der Waals surface area contributed by atoms with E-state index >= 15 is 0 Å². The molecular formula is C44H28N8O4Zn. The molecule has 4 aromatic carbocycles. The maximum absolute atomic E-state index is 11.4. The summed E-state index contributed by atoms with van der Waals surface area (Å²) in [5, 5.41) is 29.7. The predicted molar refractivity (Wildman–Crippen MR) is 220 cm³/mol. The van der Waals surface area contributed by atoms with E-state index in [4.69, 9.17) is 19.9 Å². The zero-order chi connectivity index (χ0) is 38.2. The predicted octanol–water partition coefficient (Wildman–Crippen LogP) is 10.5. The van der Waals surface area contributed by atoms with E-state index < -0.39 is 9.85 Å². The summed E-state index contributed by atoms with van der Waals surface area (Å²) >= 11 is 0. The Balaban J connectivity index is 0.00000455. The number of non-ortho nitro benzene ring substituents is 2. The molecule has 0 aliphatic carbocycles. The molecule has 9 rings (SSSR count). The normalized spacial score (nSPS) is 11.5. The summed E-state index contributed by atoms with van der Waals surface area (Å²) in [6.07, 6.45) is 7.72. The van der Waals surface area contributed by atoms with Crippen LogP contribution in [0.15, 0.2) is 133 Å². The van der Waals surface area contributed by atoms with Crippen LogP contribution in [0.5, 0.6) is 0 Å². The van der Waals surface area contributed by atoms with Crippen LogP contribution in [-0.2, 0) is 19.5 Å². The molecule has 2 N–H and O–H groups in total. The fourth-order valence-corrected chi connectivity index (χ4v) is 6.77. The van der Waals surface area contributed by atoms with Crippen LogP contribution in [0.1, 0.15) is 22.8 Å². The number of nitrogens with zero attached hydrogens (tertiary/aromatic N) is 6. The number of rotatable bonds is 8. The molecule has 0 radical (unpaired) electrons. The second kappa shape index (κ2) is 15.3. The van der Waals surface area contributed by atoms with Crippen molar-refractivity contribution in [1.29, 1.82) is 0 Å². The Morgan fingerprint density at radius 1 is 0.439 bits per heavy atom.